The Balaban J connectivity index is 1.83. The number of nitrogens with one attached hydrogen (secondary N) is 1. The fourth-order valence-corrected chi connectivity index (χ4v) is 3.26. The van der Waals surface area contributed by atoms with E-state index >= 15 is 0 Å². The van der Waals surface area contributed by atoms with Gasteiger partial charge in [-0.15, -0.1) is 11.3 Å². The van der Waals surface area contributed by atoms with E-state index in [4.69, 9.17) is 4.74 Å². The Bertz CT molecular complexity index is 466. The van der Waals surface area contributed by atoms with Crippen LogP contribution in [0.2, 0.25) is 0 Å². The van der Waals surface area contributed by atoms with Gasteiger partial charge < -0.3 is 4.74 Å². The van der Waals surface area contributed by atoms with Gasteiger partial charge in [0.15, 0.2) is 0 Å². The van der Waals surface area contributed by atoms with E-state index in [9.17, 15) is 8.42 Å². The highest BCUT2D eigenvalue weighted by molar-refractivity contribution is 7.89. The first-order valence-electron chi connectivity index (χ1n) is 5.51. The molecule has 1 saturated carbocycles. The minimum atomic E-state index is -3.25. The minimum absolute atomic E-state index is 0.0108. The molecule has 0 spiro atoms. The SMILES string of the molecule is COCCS(=O)(=O)NCc1csc(C2CC2)n1. The van der Waals surface area contributed by atoms with Crippen molar-refractivity contribution in [3.63, 3.8) is 0 Å². The molecule has 1 fully saturated rings. The Hall–Kier alpha value is -0.500. The summed E-state index contributed by atoms with van der Waals surface area (Å²) in [6.45, 7) is 0.481. The van der Waals surface area contributed by atoms with Crippen molar-refractivity contribution < 1.29 is 13.2 Å². The molecule has 0 aliphatic heterocycles. The van der Waals surface area contributed by atoms with E-state index in [0.717, 1.165) is 10.7 Å². The van der Waals surface area contributed by atoms with Gasteiger partial charge in [-0.25, -0.2) is 18.1 Å². The molecule has 0 radical (unpaired) electrons. The molecule has 0 amide bonds. The van der Waals surface area contributed by atoms with Gasteiger partial charge in [0, 0.05) is 18.4 Å². The molecule has 7 heteroatoms. The number of nitrogens with zero attached hydrogens (tertiary/aromatic N) is 1. The topological polar surface area (TPSA) is 68.3 Å². The maximum absolute atomic E-state index is 11.5. The second kappa shape index (κ2) is 5.43. The highest BCUT2D eigenvalue weighted by Crippen LogP contribution is 2.41. The van der Waals surface area contributed by atoms with Crippen molar-refractivity contribution in [1.82, 2.24) is 9.71 Å². The van der Waals surface area contributed by atoms with Crippen LogP contribution in [0.3, 0.4) is 0 Å². The molecule has 96 valence electrons. The second-order valence-corrected chi connectivity index (χ2v) is 6.90. The first kappa shape index (κ1) is 12.9. The van der Waals surface area contributed by atoms with Crippen LogP contribution in [0.15, 0.2) is 5.38 Å². The van der Waals surface area contributed by atoms with Gasteiger partial charge >= 0.3 is 0 Å². The van der Waals surface area contributed by atoms with E-state index in [2.05, 4.69) is 9.71 Å². The first-order valence-corrected chi connectivity index (χ1v) is 8.04. The first-order chi connectivity index (χ1) is 8.11. The van der Waals surface area contributed by atoms with E-state index in [1.807, 2.05) is 5.38 Å². The standard InChI is InChI=1S/C10H16N2O3S2/c1-15-4-5-17(13,14)11-6-9-7-16-10(12-9)8-2-3-8/h7-8,11H,2-6H2,1H3. The summed E-state index contributed by atoms with van der Waals surface area (Å²) in [4.78, 5) is 4.42. The Kier molecular flexibility index (Phi) is 4.13. The monoisotopic (exact) mass is 276 g/mol. The quantitative estimate of drug-likeness (QED) is 0.809. The number of hydrogen-bond donors (Lipinski definition) is 1. The molecule has 1 N–H and O–H groups in total. The molecule has 2 rings (SSSR count). The van der Waals surface area contributed by atoms with Crippen LogP contribution in [0.1, 0.15) is 29.5 Å². The van der Waals surface area contributed by atoms with Gasteiger partial charge in [0.1, 0.15) is 0 Å². The molecular weight excluding hydrogens is 260 g/mol. The van der Waals surface area contributed by atoms with Crippen LogP contribution in [0, 0.1) is 0 Å². The normalized spacial score (nSPS) is 16.3. The van der Waals surface area contributed by atoms with Gasteiger partial charge in [0.05, 0.1) is 29.6 Å². The van der Waals surface area contributed by atoms with Gasteiger partial charge in [-0.1, -0.05) is 0 Å². The average molecular weight is 276 g/mol. The summed E-state index contributed by atoms with van der Waals surface area (Å²) in [5, 5.41) is 3.06. The van der Waals surface area contributed by atoms with Gasteiger partial charge in [-0.05, 0) is 12.8 Å². The Morgan fingerprint density at radius 2 is 2.35 bits per heavy atom. The Morgan fingerprint density at radius 3 is 3.00 bits per heavy atom. The summed E-state index contributed by atoms with van der Waals surface area (Å²) in [5.41, 5.74) is 0.804. The van der Waals surface area contributed by atoms with E-state index in [1.54, 1.807) is 11.3 Å². The van der Waals surface area contributed by atoms with Crippen LogP contribution < -0.4 is 4.72 Å². The number of methoxy groups -OCH3 is 1. The summed E-state index contributed by atoms with van der Waals surface area (Å²) in [6.07, 6.45) is 2.43. The number of ether oxygens (including phenoxy) is 1. The van der Waals surface area contributed by atoms with Crippen LogP contribution >= 0.6 is 11.3 Å². The Labute approximate surface area is 105 Å². The van der Waals surface area contributed by atoms with Crippen molar-refractivity contribution in [3.8, 4) is 0 Å². The zero-order valence-electron chi connectivity index (χ0n) is 9.68. The van der Waals surface area contributed by atoms with Crippen LogP contribution in [0.4, 0.5) is 0 Å². The predicted molar refractivity (Wildman–Crippen MR) is 66.6 cm³/mol. The molecule has 0 saturated heterocycles. The van der Waals surface area contributed by atoms with Gasteiger partial charge in [-0.2, -0.15) is 0 Å². The Morgan fingerprint density at radius 1 is 1.59 bits per heavy atom. The summed E-state index contributed by atoms with van der Waals surface area (Å²) in [6, 6.07) is 0. The third-order valence-electron chi connectivity index (χ3n) is 2.53. The van der Waals surface area contributed by atoms with E-state index < -0.39 is 10.0 Å². The second-order valence-electron chi connectivity index (χ2n) is 4.08. The zero-order valence-corrected chi connectivity index (χ0v) is 11.3. The van der Waals surface area contributed by atoms with Crippen molar-refractivity contribution >= 4 is 21.4 Å². The summed E-state index contributed by atoms with van der Waals surface area (Å²) < 4.78 is 30.3. The van der Waals surface area contributed by atoms with Crippen LogP contribution in [0.25, 0.3) is 0 Å². The fourth-order valence-electron chi connectivity index (χ4n) is 1.37. The molecule has 0 unspecified atom stereocenters. The van der Waals surface area contributed by atoms with Crippen molar-refractivity contribution in [2.45, 2.75) is 25.3 Å². The molecule has 1 aromatic heterocycles. The van der Waals surface area contributed by atoms with Crippen LogP contribution in [0.5, 0.6) is 0 Å². The molecule has 17 heavy (non-hydrogen) atoms. The molecule has 1 heterocycles. The van der Waals surface area contributed by atoms with Crippen molar-refractivity contribution in [2.75, 3.05) is 19.5 Å². The van der Waals surface area contributed by atoms with Crippen molar-refractivity contribution in [2.24, 2.45) is 0 Å². The fraction of sp³-hybridized carbons (Fsp3) is 0.700. The average Bonchev–Trinajstić information content (AvgIpc) is 3.04. The van der Waals surface area contributed by atoms with Gasteiger partial charge in [0.25, 0.3) is 0 Å². The number of aromatic nitrogens is 1. The van der Waals surface area contributed by atoms with Crippen LogP contribution in [-0.4, -0.2) is 32.9 Å². The van der Waals surface area contributed by atoms with Crippen LogP contribution in [-0.2, 0) is 21.3 Å². The largest absolute Gasteiger partial charge is 0.384 e. The highest BCUT2D eigenvalue weighted by Gasteiger charge is 2.26. The molecule has 0 atom stereocenters. The van der Waals surface area contributed by atoms with E-state index in [1.165, 1.54) is 20.0 Å². The molecule has 5 nitrogen and oxygen atoms in total. The molecular formula is C10H16N2O3S2. The number of hydrogen-bond acceptors (Lipinski definition) is 5. The highest BCUT2D eigenvalue weighted by atomic mass is 32.2. The van der Waals surface area contributed by atoms with Gasteiger partial charge in [-0.3, -0.25) is 0 Å². The lowest BCUT2D eigenvalue weighted by molar-refractivity contribution is 0.217. The predicted octanol–water partition coefficient (Wildman–Crippen LogP) is 1.09. The third kappa shape index (κ3) is 4.02. The maximum Gasteiger partial charge on any atom is 0.214 e. The maximum atomic E-state index is 11.5. The lowest BCUT2D eigenvalue weighted by Crippen LogP contribution is -2.27. The lowest BCUT2D eigenvalue weighted by Gasteiger charge is -2.03. The van der Waals surface area contributed by atoms with E-state index in [0.29, 0.717) is 5.92 Å². The van der Waals surface area contributed by atoms with Gasteiger partial charge in [0.2, 0.25) is 10.0 Å². The zero-order chi connectivity index (χ0) is 12.3. The number of rotatable bonds is 7. The summed E-state index contributed by atoms with van der Waals surface area (Å²) >= 11 is 1.62. The van der Waals surface area contributed by atoms with E-state index in [-0.39, 0.29) is 18.9 Å². The molecule has 1 aliphatic carbocycles. The summed E-state index contributed by atoms with van der Waals surface area (Å²) in [5.74, 6) is 0.613. The molecule has 0 bridgehead atoms. The number of sulfonamides is 1. The minimum Gasteiger partial charge on any atom is -0.384 e. The molecule has 0 aromatic carbocycles. The molecule has 1 aliphatic rings. The summed E-state index contributed by atoms with van der Waals surface area (Å²) in [7, 11) is -1.76. The van der Waals surface area contributed by atoms with Crippen molar-refractivity contribution in [3.05, 3.63) is 16.1 Å². The molecule has 1 aromatic rings. The van der Waals surface area contributed by atoms with Crippen molar-refractivity contribution in [1.29, 1.82) is 0 Å². The number of thiazole rings is 1. The smallest absolute Gasteiger partial charge is 0.214 e. The third-order valence-corrected chi connectivity index (χ3v) is 4.87. The lowest BCUT2D eigenvalue weighted by atomic mass is 10.4.